The molecule has 20 heavy (non-hydrogen) atoms. The molecule has 0 N–H and O–H groups in total. The van der Waals surface area contributed by atoms with Crippen LogP contribution < -0.4 is 4.90 Å². The number of para-hydroxylation sites is 1. The summed E-state index contributed by atoms with van der Waals surface area (Å²) in [6, 6.07) is 10.8. The average molecular weight is 269 g/mol. The maximum absolute atomic E-state index is 12.3. The lowest BCUT2D eigenvalue weighted by molar-refractivity contribution is -0.119. The summed E-state index contributed by atoms with van der Waals surface area (Å²) in [5, 5.41) is 0. The smallest absolute Gasteiger partial charge is 0.224 e. The molecule has 5 rings (SSSR count). The summed E-state index contributed by atoms with van der Waals surface area (Å²) in [6.07, 6.45) is 6.89. The zero-order chi connectivity index (χ0) is 13.7. The first-order valence-electron chi connectivity index (χ1n) is 8.07. The minimum Gasteiger partial charge on any atom is -0.309 e. The molecular weight excluding hydrogens is 246 g/mol. The van der Waals surface area contributed by atoms with E-state index >= 15 is 0 Å². The predicted octanol–water partition coefficient (Wildman–Crippen LogP) is 3.86. The number of carbonyl (C=O) groups excluding carboxylic acids is 1. The Morgan fingerprint density at radius 1 is 0.950 bits per heavy atom. The van der Waals surface area contributed by atoms with Crippen LogP contribution in [-0.4, -0.2) is 11.9 Å². The number of anilines is 1. The van der Waals surface area contributed by atoms with E-state index in [2.05, 4.69) is 17.0 Å². The summed E-state index contributed by atoms with van der Waals surface area (Å²) in [6.45, 7) is 1.73. The Labute approximate surface area is 121 Å². The van der Waals surface area contributed by atoms with Gasteiger partial charge in [-0.3, -0.25) is 4.79 Å². The van der Waals surface area contributed by atoms with E-state index in [-0.39, 0.29) is 5.91 Å². The molecule has 106 valence electrons. The van der Waals surface area contributed by atoms with Gasteiger partial charge in [-0.2, -0.15) is 0 Å². The molecule has 0 aliphatic heterocycles. The highest BCUT2D eigenvalue weighted by molar-refractivity contribution is 5.92. The van der Waals surface area contributed by atoms with Crippen molar-refractivity contribution >= 4 is 11.6 Å². The van der Waals surface area contributed by atoms with E-state index in [4.69, 9.17) is 0 Å². The monoisotopic (exact) mass is 269 g/mol. The van der Waals surface area contributed by atoms with E-state index in [1.54, 1.807) is 6.92 Å². The fourth-order valence-corrected chi connectivity index (χ4v) is 5.47. The standard InChI is InChI=1S/C18H23NO/c1-12(20)19(17-5-3-2-4-6-17)18-15-8-13-7-14(10-15)11-16(18)9-13/h2-6,13-16,18H,7-11H2,1H3. The van der Waals surface area contributed by atoms with Crippen molar-refractivity contribution in [2.45, 2.75) is 45.1 Å². The molecule has 1 aromatic rings. The molecule has 4 aliphatic carbocycles. The highest BCUT2D eigenvalue weighted by Gasteiger charge is 2.50. The third kappa shape index (κ3) is 1.88. The van der Waals surface area contributed by atoms with Crippen LogP contribution in [0.3, 0.4) is 0 Å². The molecule has 1 aromatic carbocycles. The summed E-state index contributed by atoms with van der Waals surface area (Å²) in [5.41, 5.74) is 1.09. The lowest BCUT2D eigenvalue weighted by Gasteiger charge is -2.57. The van der Waals surface area contributed by atoms with Gasteiger partial charge < -0.3 is 4.90 Å². The number of carbonyl (C=O) groups is 1. The van der Waals surface area contributed by atoms with Crippen LogP contribution in [0.15, 0.2) is 30.3 Å². The Morgan fingerprint density at radius 2 is 1.50 bits per heavy atom. The second-order valence-electron chi connectivity index (χ2n) is 7.15. The van der Waals surface area contributed by atoms with E-state index in [1.807, 2.05) is 18.2 Å². The molecule has 0 aromatic heterocycles. The Hall–Kier alpha value is -1.31. The lowest BCUT2D eigenvalue weighted by Crippen LogP contribution is -2.57. The predicted molar refractivity (Wildman–Crippen MR) is 80.4 cm³/mol. The van der Waals surface area contributed by atoms with Gasteiger partial charge in [-0.15, -0.1) is 0 Å². The van der Waals surface area contributed by atoms with Crippen molar-refractivity contribution in [3.8, 4) is 0 Å². The first-order valence-corrected chi connectivity index (χ1v) is 8.07. The van der Waals surface area contributed by atoms with E-state index in [0.29, 0.717) is 6.04 Å². The van der Waals surface area contributed by atoms with Crippen molar-refractivity contribution in [2.75, 3.05) is 4.90 Å². The molecule has 2 nitrogen and oxygen atoms in total. The summed E-state index contributed by atoms with van der Waals surface area (Å²) < 4.78 is 0. The number of amides is 1. The highest BCUT2D eigenvalue weighted by atomic mass is 16.2. The molecule has 4 saturated carbocycles. The Morgan fingerprint density at radius 3 is 2.00 bits per heavy atom. The molecule has 0 spiro atoms. The van der Waals surface area contributed by atoms with Crippen molar-refractivity contribution in [3.05, 3.63) is 30.3 Å². The first kappa shape index (κ1) is 12.4. The third-order valence-electron chi connectivity index (χ3n) is 5.85. The van der Waals surface area contributed by atoms with Crippen LogP contribution >= 0.6 is 0 Å². The molecule has 0 radical (unpaired) electrons. The van der Waals surface area contributed by atoms with E-state index in [1.165, 1.54) is 32.1 Å². The van der Waals surface area contributed by atoms with Gasteiger partial charge in [-0.05, 0) is 67.9 Å². The lowest BCUT2D eigenvalue weighted by atomic mass is 9.54. The molecule has 4 aliphatic rings. The van der Waals surface area contributed by atoms with Gasteiger partial charge in [0.05, 0.1) is 0 Å². The van der Waals surface area contributed by atoms with E-state index < -0.39 is 0 Å². The second kappa shape index (κ2) is 4.61. The van der Waals surface area contributed by atoms with Gasteiger partial charge in [0, 0.05) is 18.7 Å². The summed E-state index contributed by atoms with van der Waals surface area (Å²) >= 11 is 0. The van der Waals surface area contributed by atoms with Gasteiger partial charge in [0.15, 0.2) is 0 Å². The SMILES string of the molecule is CC(=O)N(c1ccccc1)C1C2CC3CC(C2)CC1C3. The van der Waals surface area contributed by atoms with Crippen molar-refractivity contribution in [1.82, 2.24) is 0 Å². The molecule has 0 unspecified atom stereocenters. The molecule has 1 amide bonds. The number of nitrogens with zero attached hydrogens (tertiary/aromatic N) is 1. The summed E-state index contributed by atoms with van der Waals surface area (Å²) in [4.78, 5) is 14.4. The highest BCUT2D eigenvalue weighted by Crippen LogP contribution is 2.55. The van der Waals surface area contributed by atoms with Gasteiger partial charge >= 0.3 is 0 Å². The fraction of sp³-hybridized carbons (Fsp3) is 0.611. The number of hydrogen-bond donors (Lipinski definition) is 0. The number of benzene rings is 1. The van der Waals surface area contributed by atoms with Crippen LogP contribution in [0.5, 0.6) is 0 Å². The number of hydrogen-bond acceptors (Lipinski definition) is 1. The minimum atomic E-state index is 0.216. The van der Waals surface area contributed by atoms with Gasteiger partial charge in [0.1, 0.15) is 0 Å². The largest absolute Gasteiger partial charge is 0.309 e. The molecule has 4 bridgehead atoms. The molecule has 0 atom stereocenters. The molecule has 0 heterocycles. The third-order valence-corrected chi connectivity index (χ3v) is 5.85. The Kier molecular flexibility index (Phi) is 2.87. The zero-order valence-electron chi connectivity index (χ0n) is 12.2. The topological polar surface area (TPSA) is 20.3 Å². The second-order valence-corrected chi connectivity index (χ2v) is 7.15. The minimum absolute atomic E-state index is 0.216. The van der Waals surface area contributed by atoms with Gasteiger partial charge in [0.25, 0.3) is 0 Å². The Bertz CT molecular complexity index is 481. The van der Waals surface area contributed by atoms with E-state index in [9.17, 15) is 4.79 Å². The summed E-state index contributed by atoms with van der Waals surface area (Å²) in [7, 11) is 0. The molecule has 4 fully saturated rings. The zero-order valence-corrected chi connectivity index (χ0v) is 12.2. The average Bonchev–Trinajstić information content (AvgIpc) is 2.42. The van der Waals surface area contributed by atoms with Crippen LogP contribution in [0.4, 0.5) is 5.69 Å². The maximum Gasteiger partial charge on any atom is 0.224 e. The molecule has 0 saturated heterocycles. The number of rotatable bonds is 2. The molecule has 2 heteroatoms. The van der Waals surface area contributed by atoms with Gasteiger partial charge in [0.2, 0.25) is 5.91 Å². The summed E-state index contributed by atoms with van der Waals surface area (Å²) in [5.74, 6) is 3.62. The van der Waals surface area contributed by atoms with Crippen LogP contribution in [0, 0.1) is 23.7 Å². The van der Waals surface area contributed by atoms with Gasteiger partial charge in [-0.25, -0.2) is 0 Å². The van der Waals surface area contributed by atoms with Crippen molar-refractivity contribution < 1.29 is 4.79 Å². The van der Waals surface area contributed by atoms with Crippen molar-refractivity contribution in [1.29, 1.82) is 0 Å². The Balaban J connectivity index is 1.69. The maximum atomic E-state index is 12.3. The van der Waals surface area contributed by atoms with Crippen LogP contribution in [0.25, 0.3) is 0 Å². The first-order chi connectivity index (χ1) is 9.72. The van der Waals surface area contributed by atoms with Crippen LogP contribution in [0.2, 0.25) is 0 Å². The van der Waals surface area contributed by atoms with E-state index in [0.717, 1.165) is 29.4 Å². The van der Waals surface area contributed by atoms with Crippen molar-refractivity contribution in [3.63, 3.8) is 0 Å². The van der Waals surface area contributed by atoms with Crippen LogP contribution in [0.1, 0.15) is 39.0 Å². The van der Waals surface area contributed by atoms with Gasteiger partial charge in [-0.1, -0.05) is 18.2 Å². The quantitative estimate of drug-likeness (QED) is 0.798. The molecular formula is C18H23NO. The van der Waals surface area contributed by atoms with Crippen LogP contribution in [-0.2, 0) is 4.79 Å². The normalized spacial score (nSPS) is 38.0. The van der Waals surface area contributed by atoms with Crippen molar-refractivity contribution in [2.24, 2.45) is 23.7 Å². The fourth-order valence-electron chi connectivity index (χ4n) is 5.47.